The van der Waals surface area contributed by atoms with Crippen molar-refractivity contribution in [3.63, 3.8) is 0 Å². The Balaban J connectivity index is 1.40. The van der Waals surface area contributed by atoms with E-state index in [1.54, 1.807) is 42.5 Å². The molecule has 0 saturated carbocycles. The van der Waals surface area contributed by atoms with Crippen molar-refractivity contribution in [2.75, 3.05) is 4.90 Å². The molecule has 1 nitrogen and oxygen atoms in total. The van der Waals surface area contributed by atoms with Crippen LogP contribution in [0.25, 0.3) is 54.9 Å². The molecule has 0 amide bonds. The summed E-state index contributed by atoms with van der Waals surface area (Å²) in [4.78, 5) is 1.20. The second-order valence-corrected chi connectivity index (χ2v) is 10.4. The first-order valence-electron chi connectivity index (χ1n) is 20.9. The highest BCUT2D eigenvalue weighted by molar-refractivity contribution is 5.99. The van der Waals surface area contributed by atoms with Crippen LogP contribution < -0.4 is 4.90 Å². The molecule has 0 spiro atoms. The van der Waals surface area contributed by atoms with Crippen LogP contribution in [0.15, 0.2) is 188 Å². The Bertz CT molecular complexity index is 2920. The normalized spacial score (nSPS) is 15.2. The molecule has 0 bridgehead atoms. The molecular weight excluding hydrogens is 542 g/mol. The van der Waals surface area contributed by atoms with Crippen LogP contribution in [0.1, 0.15) is 17.8 Å². The Hall–Kier alpha value is -5.92. The van der Waals surface area contributed by atoms with E-state index in [9.17, 15) is 8.22 Å². The van der Waals surface area contributed by atoms with E-state index >= 15 is 0 Å². The van der Waals surface area contributed by atoms with Crippen LogP contribution in [0.3, 0.4) is 0 Å². The molecule has 8 rings (SSSR count). The van der Waals surface area contributed by atoms with Gasteiger partial charge in [-0.2, -0.15) is 0 Å². The van der Waals surface area contributed by atoms with Crippen molar-refractivity contribution in [2.45, 2.75) is 0 Å². The first-order valence-corrected chi connectivity index (χ1v) is 14.4. The molecule has 0 fully saturated rings. The quantitative estimate of drug-likeness (QED) is 0.187. The highest BCUT2D eigenvalue weighted by Gasteiger charge is 2.16. The monoisotopic (exact) mass is 586 g/mol. The van der Waals surface area contributed by atoms with Crippen molar-refractivity contribution in [2.24, 2.45) is 0 Å². The van der Waals surface area contributed by atoms with E-state index in [-0.39, 0.29) is 16.9 Å². The fourth-order valence-corrected chi connectivity index (χ4v) is 5.56. The van der Waals surface area contributed by atoms with Crippen LogP contribution in [0.4, 0.5) is 17.1 Å². The van der Waals surface area contributed by atoms with E-state index < -0.39 is 95.4 Å². The Morgan fingerprint density at radius 1 is 0.378 bits per heavy atom. The van der Waals surface area contributed by atoms with Gasteiger partial charge in [-0.15, -0.1) is 0 Å². The smallest absolute Gasteiger partial charge is 0.0645 e. The number of hydrogen-bond donors (Lipinski definition) is 0. The summed E-state index contributed by atoms with van der Waals surface area (Å²) in [6.45, 7) is 0. The fraction of sp³-hybridized carbons (Fsp3) is 0. The summed E-state index contributed by atoms with van der Waals surface area (Å²) in [5.74, 6) is 0. The van der Waals surface area contributed by atoms with E-state index in [1.807, 2.05) is 66.7 Å². The number of anilines is 3. The summed E-state index contributed by atoms with van der Waals surface area (Å²) in [5, 5.41) is 3.27. The SMILES string of the molecule is [2H]c1c([2H])c([2H])c(-c2c([2H])c([2H])c(N(c3c([2H])c([2H])c(-c4cccc(-c5cccc6ccccc56)c4)c([2H])c3[2H])c3cccc4ccccc34)c([2H])c2[2H])c([2H])c1[2H]. The first kappa shape index (κ1) is 16.2. The largest absolute Gasteiger partial charge is 0.310 e. The van der Waals surface area contributed by atoms with Crippen LogP contribution in [-0.2, 0) is 0 Å². The maximum atomic E-state index is 9.48. The number of fused-ring (bicyclic) bond motifs is 2. The van der Waals surface area contributed by atoms with Crippen LogP contribution >= 0.6 is 0 Å². The van der Waals surface area contributed by atoms with Crippen molar-refractivity contribution < 1.29 is 17.8 Å². The van der Waals surface area contributed by atoms with Gasteiger partial charge in [0.15, 0.2) is 0 Å². The molecule has 0 saturated heterocycles. The summed E-state index contributed by atoms with van der Waals surface area (Å²) in [7, 11) is 0. The third-order valence-corrected chi connectivity index (χ3v) is 7.68. The molecule has 0 atom stereocenters. The standard InChI is InChI=1S/C44H31N/c1-2-11-32(12-3-1)33-23-27-39(28-24-33)45(44-22-10-16-36-14-5-7-20-43(36)44)40-29-25-34(26-30-40)37-17-8-18-38(31-37)42-21-9-15-35-13-4-6-19-41(35)42/h1-31H/i1D,2D,3D,11D,12D,23D,24D,25D,26D,27D,28D,29D,30D. The molecular formula is C44H31N. The number of hydrogen-bond acceptors (Lipinski definition) is 1. The van der Waals surface area contributed by atoms with Gasteiger partial charge in [0.05, 0.1) is 23.5 Å². The summed E-state index contributed by atoms with van der Waals surface area (Å²) in [6, 6.07) is 25.1. The lowest BCUT2D eigenvalue weighted by atomic mass is 9.95. The third-order valence-electron chi connectivity index (χ3n) is 7.68. The van der Waals surface area contributed by atoms with Gasteiger partial charge >= 0.3 is 0 Å². The Kier molecular flexibility index (Phi) is 4.20. The zero-order valence-corrected chi connectivity index (χ0v) is 23.8. The Morgan fingerprint density at radius 3 is 1.60 bits per heavy atom. The number of rotatable bonds is 6. The summed E-state index contributed by atoms with van der Waals surface area (Å²) >= 11 is 0. The van der Waals surface area contributed by atoms with Crippen LogP contribution in [0.2, 0.25) is 0 Å². The van der Waals surface area contributed by atoms with E-state index in [1.165, 1.54) is 4.90 Å². The molecule has 0 radical (unpaired) electrons. The van der Waals surface area contributed by atoms with Gasteiger partial charge in [-0.3, -0.25) is 0 Å². The zero-order chi connectivity index (χ0) is 41.3. The summed E-state index contributed by atoms with van der Waals surface area (Å²) < 4.78 is 116. The van der Waals surface area contributed by atoms with Gasteiger partial charge in [0.1, 0.15) is 0 Å². The zero-order valence-electron chi connectivity index (χ0n) is 36.8. The average Bonchev–Trinajstić information content (AvgIpc) is 3.24. The molecule has 0 aliphatic rings. The van der Waals surface area contributed by atoms with Crippen molar-refractivity contribution >= 4 is 38.6 Å². The maximum Gasteiger partial charge on any atom is 0.0645 e. The molecule has 1 heteroatoms. The van der Waals surface area contributed by atoms with Gasteiger partial charge in [0, 0.05) is 16.8 Å². The van der Waals surface area contributed by atoms with Gasteiger partial charge in [0.2, 0.25) is 0 Å². The highest BCUT2D eigenvalue weighted by Crippen LogP contribution is 2.40. The Morgan fingerprint density at radius 2 is 0.889 bits per heavy atom. The molecule has 0 N–H and O–H groups in total. The molecule has 212 valence electrons. The predicted octanol–water partition coefficient (Wildman–Crippen LogP) is 12.5. The van der Waals surface area contributed by atoms with Crippen molar-refractivity contribution in [3.05, 3.63) is 188 Å². The second-order valence-electron chi connectivity index (χ2n) is 10.4. The van der Waals surface area contributed by atoms with Gasteiger partial charge in [-0.1, -0.05) is 151 Å². The highest BCUT2D eigenvalue weighted by atomic mass is 15.1. The van der Waals surface area contributed by atoms with Gasteiger partial charge in [0.25, 0.3) is 0 Å². The molecule has 8 aromatic carbocycles. The van der Waals surface area contributed by atoms with Crippen molar-refractivity contribution in [1.29, 1.82) is 0 Å². The number of nitrogens with zero attached hydrogens (tertiary/aromatic N) is 1. The lowest BCUT2D eigenvalue weighted by Gasteiger charge is -2.27. The summed E-state index contributed by atoms with van der Waals surface area (Å²) in [5.41, 5.74) is 0.624. The van der Waals surface area contributed by atoms with Crippen molar-refractivity contribution in [3.8, 4) is 33.4 Å². The molecule has 45 heavy (non-hydrogen) atoms. The lowest BCUT2D eigenvalue weighted by Crippen LogP contribution is -2.10. The van der Waals surface area contributed by atoms with E-state index in [4.69, 9.17) is 9.60 Å². The maximum absolute atomic E-state index is 9.48. The minimum Gasteiger partial charge on any atom is -0.310 e. The predicted molar refractivity (Wildman–Crippen MR) is 192 cm³/mol. The Labute approximate surface area is 282 Å². The summed E-state index contributed by atoms with van der Waals surface area (Å²) in [6.07, 6.45) is 0. The van der Waals surface area contributed by atoms with Crippen LogP contribution in [0.5, 0.6) is 0 Å². The van der Waals surface area contributed by atoms with E-state index in [2.05, 4.69) is 0 Å². The van der Waals surface area contributed by atoms with Gasteiger partial charge < -0.3 is 4.90 Å². The van der Waals surface area contributed by atoms with E-state index in [0.717, 1.165) is 21.9 Å². The second kappa shape index (κ2) is 11.6. The van der Waals surface area contributed by atoms with E-state index in [0.29, 0.717) is 16.3 Å². The topological polar surface area (TPSA) is 3.24 Å². The molecule has 8 aromatic rings. The minimum atomic E-state index is -0.725. The fourth-order valence-electron chi connectivity index (χ4n) is 5.56. The third kappa shape index (κ3) is 5.15. The molecule has 0 unspecified atom stereocenters. The molecule has 0 heterocycles. The first-order chi connectivity index (χ1) is 27.7. The molecule has 0 aliphatic carbocycles. The number of benzene rings is 8. The van der Waals surface area contributed by atoms with Crippen LogP contribution in [0, 0.1) is 0 Å². The lowest BCUT2D eigenvalue weighted by molar-refractivity contribution is 1.30. The average molecular weight is 587 g/mol. The molecule has 0 aromatic heterocycles. The van der Waals surface area contributed by atoms with Gasteiger partial charge in [-0.05, 0) is 85.8 Å². The molecule has 0 aliphatic heterocycles. The van der Waals surface area contributed by atoms with Crippen LogP contribution in [-0.4, -0.2) is 0 Å². The minimum absolute atomic E-state index is 0.0230. The van der Waals surface area contributed by atoms with Gasteiger partial charge in [-0.25, -0.2) is 0 Å². The van der Waals surface area contributed by atoms with Crippen molar-refractivity contribution in [1.82, 2.24) is 0 Å².